The lowest BCUT2D eigenvalue weighted by atomic mass is 9.95. The summed E-state index contributed by atoms with van der Waals surface area (Å²) >= 11 is 5.86. The SMILES string of the molecule is CC1(NC(=O)c2nc3ccc(Oc4ncc(Cl)cc4OCC(F)F)nc3n2CC(F)F)CCS(=O)(=O)CC1. The summed E-state index contributed by atoms with van der Waals surface area (Å²) in [4.78, 5) is 25.3. The molecule has 0 saturated carbocycles. The number of nitrogens with one attached hydrogen (secondary N) is 1. The average Bonchev–Trinajstić information content (AvgIpc) is 3.18. The van der Waals surface area contributed by atoms with Crippen LogP contribution in [-0.2, 0) is 16.4 Å². The summed E-state index contributed by atoms with van der Waals surface area (Å²) < 4.78 is 87.2. The van der Waals surface area contributed by atoms with Crippen LogP contribution in [0.2, 0.25) is 5.02 Å². The van der Waals surface area contributed by atoms with Crippen LogP contribution in [0.4, 0.5) is 17.6 Å². The number of hydrogen-bond donors (Lipinski definition) is 1. The highest BCUT2D eigenvalue weighted by Crippen LogP contribution is 2.32. The Morgan fingerprint density at radius 1 is 1.18 bits per heavy atom. The summed E-state index contributed by atoms with van der Waals surface area (Å²) in [6, 6.07) is 3.91. The van der Waals surface area contributed by atoms with Gasteiger partial charge in [-0.05, 0) is 25.8 Å². The summed E-state index contributed by atoms with van der Waals surface area (Å²) in [6.45, 7) is -0.186. The number of ether oxygens (including phenoxy) is 2. The molecule has 3 aromatic heterocycles. The minimum atomic E-state index is -3.20. The maximum absolute atomic E-state index is 13.5. The van der Waals surface area contributed by atoms with Crippen LogP contribution in [0.15, 0.2) is 24.4 Å². The molecule has 4 heterocycles. The fourth-order valence-corrected chi connectivity index (χ4v) is 5.68. The third-order valence-electron chi connectivity index (χ3n) is 5.79. The second kappa shape index (κ2) is 10.9. The molecule has 38 heavy (non-hydrogen) atoms. The molecule has 1 amide bonds. The molecule has 10 nitrogen and oxygen atoms in total. The number of nitrogens with zero attached hydrogens (tertiary/aromatic N) is 4. The standard InChI is InChI=1S/C22H22ClF4N5O5S/c1-22(4-6-38(34,35)7-5-22)31-20(33)19-29-13-2-3-17(30-18(13)32(19)10-15(24)25)37-21-14(36-11-16(26)27)8-12(23)9-28-21/h2-3,8-9,15-16H,4-7,10-11H2,1H3,(H,31,33). The number of hydrogen-bond acceptors (Lipinski definition) is 8. The first-order chi connectivity index (χ1) is 17.8. The van der Waals surface area contributed by atoms with Gasteiger partial charge in [0.1, 0.15) is 22.0 Å². The summed E-state index contributed by atoms with van der Waals surface area (Å²) in [5, 5.41) is 2.82. The molecule has 206 valence electrons. The number of rotatable bonds is 9. The second-order valence-electron chi connectivity index (χ2n) is 8.86. The van der Waals surface area contributed by atoms with Gasteiger partial charge in [0, 0.05) is 23.9 Å². The van der Waals surface area contributed by atoms with Crippen LogP contribution in [0.3, 0.4) is 0 Å². The van der Waals surface area contributed by atoms with Gasteiger partial charge in [-0.1, -0.05) is 11.6 Å². The van der Waals surface area contributed by atoms with Crippen LogP contribution < -0.4 is 14.8 Å². The van der Waals surface area contributed by atoms with Crippen molar-refractivity contribution in [3.05, 3.63) is 35.2 Å². The van der Waals surface area contributed by atoms with Crippen LogP contribution in [0.1, 0.15) is 30.4 Å². The molecule has 1 N–H and O–H groups in total. The van der Waals surface area contributed by atoms with E-state index in [-0.39, 0.29) is 63.9 Å². The van der Waals surface area contributed by atoms with Crippen molar-refractivity contribution in [2.45, 2.75) is 44.7 Å². The molecule has 0 aliphatic carbocycles. The monoisotopic (exact) mass is 579 g/mol. The van der Waals surface area contributed by atoms with Gasteiger partial charge in [0.05, 0.1) is 23.1 Å². The van der Waals surface area contributed by atoms with Gasteiger partial charge in [-0.25, -0.2) is 35.9 Å². The van der Waals surface area contributed by atoms with E-state index in [0.29, 0.717) is 0 Å². The minimum absolute atomic E-state index is 0.0972. The van der Waals surface area contributed by atoms with Crippen molar-refractivity contribution in [2.24, 2.45) is 0 Å². The van der Waals surface area contributed by atoms with Gasteiger partial charge in [0.25, 0.3) is 24.6 Å². The highest BCUT2D eigenvalue weighted by molar-refractivity contribution is 7.91. The van der Waals surface area contributed by atoms with E-state index in [0.717, 1.165) is 4.57 Å². The fraction of sp³-hybridized carbons (Fsp3) is 0.455. The predicted molar refractivity (Wildman–Crippen MR) is 128 cm³/mol. The lowest BCUT2D eigenvalue weighted by molar-refractivity contribution is 0.0803. The van der Waals surface area contributed by atoms with E-state index in [1.807, 2.05) is 0 Å². The van der Waals surface area contributed by atoms with E-state index in [9.17, 15) is 30.8 Å². The van der Waals surface area contributed by atoms with Gasteiger partial charge in [-0.3, -0.25) is 9.36 Å². The van der Waals surface area contributed by atoms with Crippen LogP contribution in [0.5, 0.6) is 17.5 Å². The molecule has 0 radical (unpaired) electrons. The molecule has 3 aromatic rings. The molecule has 16 heteroatoms. The average molecular weight is 580 g/mol. The summed E-state index contributed by atoms with van der Waals surface area (Å²) in [5.41, 5.74) is -0.863. The number of carbonyl (C=O) groups is 1. The van der Waals surface area contributed by atoms with Crippen LogP contribution in [0, 0.1) is 0 Å². The number of fused-ring (bicyclic) bond motifs is 1. The highest BCUT2D eigenvalue weighted by Gasteiger charge is 2.36. The minimum Gasteiger partial charge on any atom is -0.482 e. The zero-order chi connectivity index (χ0) is 27.7. The van der Waals surface area contributed by atoms with Gasteiger partial charge < -0.3 is 14.8 Å². The first kappa shape index (κ1) is 27.8. The molecule has 1 aliphatic rings. The molecule has 1 aliphatic heterocycles. The number of halogens is 5. The first-order valence-corrected chi connectivity index (χ1v) is 13.5. The number of amides is 1. The molecule has 0 atom stereocenters. The Balaban J connectivity index is 1.64. The maximum Gasteiger partial charge on any atom is 0.287 e. The molecule has 1 fully saturated rings. The lowest BCUT2D eigenvalue weighted by Crippen LogP contribution is -2.51. The molecular formula is C22H22ClF4N5O5S. The molecule has 0 spiro atoms. The van der Waals surface area contributed by atoms with Gasteiger partial charge >= 0.3 is 0 Å². The zero-order valence-corrected chi connectivity index (χ0v) is 21.4. The Hall–Kier alpha value is -3.20. The van der Waals surface area contributed by atoms with Crippen LogP contribution >= 0.6 is 11.6 Å². The van der Waals surface area contributed by atoms with Gasteiger partial charge in [0.15, 0.2) is 11.4 Å². The molecule has 4 rings (SSSR count). The fourth-order valence-electron chi connectivity index (χ4n) is 3.81. The van der Waals surface area contributed by atoms with Gasteiger partial charge in [-0.2, -0.15) is 4.98 Å². The van der Waals surface area contributed by atoms with E-state index in [2.05, 4.69) is 20.3 Å². The van der Waals surface area contributed by atoms with E-state index >= 15 is 0 Å². The third-order valence-corrected chi connectivity index (χ3v) is 7.65. The van der Waals surface area contributed by atoms with E-state index in [4.69, 9.17) is 21.1 Å². The van der Waals surface area contributed by atoms with E-state index in [1.165, 1.54) is 24.4 Å². The molecule has 0 aromatic carbocycles. The van der Waals surface area contributed by atoms with Crippen molar-refractivity contribution >= 4 is 38.5 Å². The van der Waals surface area contributed by atoms with Gasteiger partial charge in [-0.15, -0.1) is 0 Å². The van der Waals surface area contributed by atoms with Crippen molar-refractivity contribution in [1.29, 1.82) is 0 Å². The summed E-state index contributed by atoms with van der Waals surface area (Å²) in [6.07, 6.45) is -4.13. The number of alkyl halides is 4. The summed E-state index contributed by atoms with van der Waals surface area (Å²) in [7, 11) is -3.20. The number of imidazole rings is 1. The second-order valence-corrected chi connectivity index (χ2v) is 11.6. The number of aromatic nitrogens is 4. The molecule has 0 unspecified atom stereocenters. The Labute approximate surface area is 219 Å². The normalized spacial score (nSPS) is 16.6. The lowest BCUT2D eigenvalue weighted by Gasteiger charge is -2.34. The quantitative estimate of drug-likeness (QED) is 0.379. The first-order valence-electron chi connectivity index (χ1n) is 11.3. The molecular weight excluding hydrogens is 558 g/mol. The van der Waals surface area contributed by atoms with Crippen molar-refractivity contribution in [2.75, 3.05) is 18.1 Å². The topological polar surface area (TPSA) is 125 Å². The van der Waals surface area contributed by atoms with E-state index in [1.54, 1.807) is 6.92 Å². The molecule has 1 saturated heterocycles. The number of pyridine rings is 2. The highest BCUT2D eigenvalue weighted by atomic mass is 35.5. The van der Waals surface area contributed by atoms with Crippen molar-refractivity contribution in [3.8, 4) is 17.5 Å². The largest absolute Gasteiger partial charge is 0.482 e. The number of carbonyl (C=O) groups excluding carboxylic acids is 1. The summed E-state index contributed by atoms with van der Waals surface area (Å²) in [5.74, 6) is -1.94. The van der Waals surface area contributed by atoms with Crippen LogP contribution in [-0.4, -0.2) is 70.3 Å². The number of sulfone groups is 1. The van der Waals surface area contributed by atoms with E-state index < -0.39 is 47.3 Å². The van der Waals surface area contributed by atoms with Crippen molar-refractivity contribution in [1.82, 2.24) is 24.8 Å². The maximum atomic E-state index is 13.5. The Kier molecular flexibility index (Phi) is 7.97. The zero-order valence-electron chi connectivity index (χ0n) is 19.8. The smallest absolute Gasteiger partial charge is 0.287 e. The van der Waals surface area contributed by atoms with Gasteiger partial charge in [0.2, 0.25) is 11.7 Å². The third kappa shape index (κ3) is 6.62. The Bertz CT molecular complexity index is 1440. The Morgan fingerprint density at radius 2 is 1.89 bits per heavy atom. The van der Waals surface area contributed by atoms with Crippen LogP contribution in [0.25, 0.3) is 11.2 Å². The predicted octanol–water partition coefficient (Wildman–Crippen LogP) is 3.88. The molecule has 0 bridgehead atoms. The Morgan fingerprint density at radius 3 is 2.55 bits per heavy atom. The van der Waals surface area contributed by atoms with Crippen molar-refractivity contribution < 1.29 is 40.2 Å². The van der Waals surface area contributed by atoms with Crippen molar-refractivity contribution in [3.63, 3.8) is 0 Å².